The Bertz CT molecular complexity index is 290. The Kier molecular flexibility index (Phi) is 4.59. The van der Waals surface area contributed by atoms with Crippen molar-refractivity contribution in [3.8, 4) is 0 Å². The first-order valence-electron chi connectivity index (χ1n) is 8.04. The van der Waals surface area contributed by atoms with E-state index in [9.17, 15) is 0 Å². The molecule has 0 spiro atoms. The number of nitrogens with zero attached hydrogens (tertiary/aromatic N) is 2. The first-order chi connectivity index (χ1) is 8.87. The highest BCUT2D eigenvalue weighted by Gasteiger charge is 2.43. The van der Waals surface area contributed by atoms with Crippen LogP contribution in [0, 0.1) is 11.3 Å². The first kappa shape index (κ1) is 15.3. The molecule has 0 amide bonds. The van der Waals surface area contributed by atoms with E-state index in [-0.39, 0.29) is 0 Å². The Balaban J connectivity index is 1.95. The Hall–Kier alpha value is -0.120. The molecule has 2 fully saturated rings. The predicted molar refractivity (Wildman–Crippen MR) is 82.3 cm³/mol. The zero-order valence-corrected chi connectivity index (χ0v) is 13.4. The Morgan fingerprint density at radius 1 is 1.05 bits per heavy atom. The highest BCUT2D eigenvalue weighted by atomic mass is 15.3. The molecule has 2 aliphatic rings. The lowest BCUT2D eigenvalue weighted by molar-refractivity contribution is 0.0338. The number of likely N-dealkylation sites (tertiary alicyclic amines) is 2. The number of nitrogens with two attached hydrogens (primary N) is 1. The maximum Gasteiger partial charge on any atom is 0.0356 e. The van der Waals surface area contributed by atoms with Gasteiger partial charge in [-0.25, -0.2) is 0 Å². The van der Waals surface area contributed by atoms with Gasteiger partial charge in [0, 0.05) is 25.2 Å². The summed E-state index contributed by atoms with van der Waals surface area (Å²) in [6.07, 6.45) is 3.84. The minimum Gasteiger partial charge on any atom is -0.329 e. The quantitative estimate of drug-likeness (QED) is 0.847. The molecule has 2 saturated heterocycles. The standard InChI is InChI=1S/C16H33N3/c1-14(2)11-18-8-6-16(12-17,7-9-18)19-10-5-15(3,4)13-19/h14H,5-13,17H2,1-4H3. The van der Waals surface area contributed by atoms with Gasteiger partial charge in [0.15, 0.2) is 0 Å². The molecule has 2 aliphatic heterocycles. The first-order valence-corrected chi connectivity index (χ1v) is 8.04. The van der Waals surface area contributed by atoms with Crippen LogP contribution in [0.5, 0.6) is 0 Å². The topological polar surface area (TPSA) is 32.5 Å². The SMILES string of the molecule is CC(C)CN1CCC(CN)(N2CCC(C)(C)C2)CC1. The predicted octanol–water partition coefficient (Wildman–Crippen LogP) is 2.17. The van der Waals surface area contributed by atoms with E-state index in [0.29, 0.717) is 11.0 Å². The summed E-state index contributed by atoms with van der Waals surface area (Å²) >= 11 is 0. The molecule has 3 heteroatoms. The molecule has 0 atom stereocenters. The van der Waals surface area contributed by atoms with Crippen molar-refractivity contribution in [1.29, 1.82) is 0 Å². The van der Waals surface area contributed by atoms with Gasteiger partial charge < -0.3 is 10.6 Å². The van der Waals surface area contributed by atoms with Crippen molar-refractivity contribution in [2.45, 2.75) is 52.5 Å². The van der Waals surface area contributed by atoms with Crippen LogP contribution >= 0.6 is 0 Å². The lowest BCUT2D eigenvalue weighted by atomic mass is 9.85. The summed E-state index contributed by atoms with van der Waals surface area (Å²) in [4.78, 5) is 5.33. The van der Waals surface area contributed by atoms with Gasteiger partial charge in [-0.05, 0) is 50.2 Å². The number of piperidine rings is 1. The molecule has 0 bridgehead atoms. The average Bonchev–Trinajstić information content (AvgIpc) is 2.71. The molecular weight excluding hydrogens is 234 g/mol. The summed E-state index contributed by atoms with van der Waals surface area (Å²) in [5.41, 5.74) is 6.97. The van der Waals surface area contributed by atoms with E-state index in [1.54, 1.807) is 0 Å². The third kappa shape index (κ3) is 3.50. The maximum absolute atomic E-state index is 6.19. The molecule has 19 heavy (non-hydrogen) atoms. The van der Waals surface area contributed by atoms with Crippen LogP contribution in [0.4, 0.5) is 0 Å². The molecule has 2 heterocycles. The summed E-state index contributed by atoms with van der Waals surface area (Å²) in [7, 11) is 0. The monoisotopic (exact) mass is 267 g/mol. The molecule has 0 aromatic heterocycles. The molecule has 0 aromatic carbocycles. The average molecular weight is 267 g/mol. The fourth-order valence-corrected chi connectivity index (χ4v) is 3.83. The van der Waals surface area contributed by atoms with Crippen molar-refractivity contribution in [2.24, 2.45) is 17.1 Å². The molecule has 112 valence electrons. The Morgan fingerprint density at radius 3 is 2.11 bits per heavy atom. The zero-order valence-electron chi connectivity index (χ0n) is 13.4. The summed E-state index contributed by atoms with van der Waals surface area (Å²) in [6.45, 7) is 16.4. The van der Waals surface area contributed by atoms with Crippen molar-refractivity contribution in [1.82, 2.24) is 9.80 Å². The Labute approximate surface area is 119 Å². The zero-order chi connectivity index (χ0) is 14.1. The van der Waals surface area contributed by atoms with Crippen LogP contribution in [0.1, 0.15) is 47.0 Å². The van der Waals surface area contributed by atoms with Gasteiger partial charge in [-0.1, -0.05) is 27.7 Å². The molecular formula is C16H33N3. The smallest absolute Gasteiger partial charge is 0.0356 e. The van der Waals surface area contributed by atoms with Crippen LogP contribution < -0.4 is 5.73 Å². The van der Waals surface area contributed by atoms with Crippen molar-refractivity contribution in [3.05, 3.63) is 0 Å². The summed E-state index contributed by atoms with van der Waals surface area (Å²) in [5, 5.41) is 0. The molecule has 3 nitrogen and oxygen atoms in total. The minimum atomic E-state index is 0.293. The largest absolute Gasteiger partial charge is 0.329 e. The van der Waals surface area contributed by atoms with Crippen LogP contribution in [-0.4, -0.2) is 54.6 Å². The van der Waals surface area contributed by atoms with Gasteiger partial charge in [0.2, 0.25) is 0 Å². The van der Waals surface area contributed by atoms with Crippen LogP contribution in [0.25, 0.3) is 0 Å². The van der Waals surface area contributed by atoms with Gasteiger partial charge in [0.05, 0.1) is 0 Å². The third-order valence-corrected chi connectivity index (χ3v) is 5.14. The molecule has 0 radical (unpaired) electrons. The second-order valence-corrected chi connectivity index (χ2v) is 7.96. The van der Waals surface area contributed by atoms with E-state index < -0.39 is 0 Å². The van der Waals surface area contributed by atoms with E-state index in [1.165, 1.54) is 52.0 Å². The van der Waals surface area contributed by atoms with Gasteiger partial charge in [-0.15, -0.1) is 0 Å². The van der Waals surface area contributed by atoms with Gasteiger partial charge >= 0.3 is 0 Å². The van der Waals surface area contributed by atoms with Gasteiger partial charge in [-0.3, -0.25) is 4.90 Å². The highest BCUT2D eigenvalue weighted by Crippen LogP contribution is 2.37. The van der Waals surface area contributed by atoms with Gasteiger partial charge in [-0.2, -0.15) is 0 Å². The van der Waals surface area contributed by atoms with E-state index in [2.05, 4.69) is 37.5 Å². The number of rotatable bonds is 4. The Morgan fingerprint density at radius 2 is 1.68 bits per heavy atom. The van der Waals surface area contributed by atoms with Crippen molar-refractivity contribution >= 4 is 0 Å². The number of hydrogen-bond acceptors (Lipinski definition) is 3. The second kappa shape index (κ2) is 5.71. The molecule has 0 aliphatic carbocycles. The van der Waals surface area contributed by atoms with Gasteiger partial charge in [0.25, 0.3) is 0 Å². The maximum atomic E-state index is 6.19. The summed E-state index contributed by atoms with van der Waals surface area (Å²) in [5.74, 6) is 0.774. The molecule has 0 aromatic rings. The van der Waals surface area contributed by atoms with E-state index in [1.807, 2.05) is 0 Å². The minimum absolute atomic E-state index is 0.293. The van der Waals surface area contributed by atoms with Crippen molar-refractivity contribution in [3.63, 3.8) is 0 Å². The van der Waals surface area contributed by atoms with Gasteiger partial charge in [0.1, 0.15) is 0 Å². The van der Waals surface area contributed by atoms with Crippen LogP contribution in [0.2, 0.25) is 0 Å². The van der Waals surface area contributed by atoms with Crippen LogP contribution in [0.3, 0.4) is 0 Å². The van der Waals surface area contributed by atoms with E-state index in [4.69, 9.17) is 5.73 Å². The van der Waals surface area contributed by atoms with E-state index in [0.717, 1.165) is 12.5 Å². The fourth-order valence-electron chi connectivity index (χ4n) is 3.83. The van der Waals surface area contributed by atoms with Crippen molar-refractivity contribution < 1.29 is 0 Å². The fraction of sp³-hybridized carbons (Fsp3) is 1.00. The van der Waals surface area contributed by atoms with Crippen LogP contribution in [-0.2, 0) is 0 Å². The number of hydrogen-bond donors (Lipinski definition) is 1. The third-order valence-electron chi connectivity index (χ3n) is 5.14. The van der Waals surface area contributed by atoms with E-state index >= 15 is 0 Å². The normalized spacial score (nSPS) is 28.1. The molecule has 2 rings (SSSR count). The molecule has 2 N–H and O–H groups in total. The molecule has 0 unspecified atom stereocenters. The lowest BCUT2D eigenvalue weighted by Gasteiger charge is -2.47. The lowest BCUT2D eigenvalue weighted by Crippen LogP contribution is -2.59. The second-order valence-electron chi connectivity index (χ2n) is 7.96. The highest BCUT2D eigenvalue weighted by molar-refractivity contribution is 5.00. The summed E-state index contributed by atoms with van der Waals surface area (Å²) < 4.78 is 0. The summed E-state index contributed by atoms with van der Waals surface area (Å²) in [6, 6.07) is 0. The van der Waals surface area contributed by atoms with Crippen LogP contribution in [0.15, 0.2) is 0 Å². The molecule has 0 saturated carbocycles. The van der Waals surface area contributed by atoms with Crippen molar-refractivity contribution in [2.75, 3.05) is 39.3 Å².